The summed E-state index contributed by atoms with van der Waals surface area (Å²) in [6.07, 6.45) is 24.9. The highest BCUT2D eigenvalue weighted by molar-refractivity contribution is 5.71. The van der Waals surface area contributed by atoms with Crippen molar-refractivity contribution < 1.29 is 4.79 Å². The van der Waals surface area contributed by atoms with Gasteiger partial charge >= 0.3 is 0 Å². The van der Waals surface area contributed by atoms with Crippen LogP contribution in [0.15, 0.2) is 48.6 Å². The largest absolute Gasteiger partial charge is 0.356 e. The minimum atomic E-state index is 0.684. The molecule has 0 saturated carbocycles. The van der Waals surface area contributed by atoms with Crippen LogP contribution in [0.3, 0.4) is 0 Å². The number of hydrogen-bond donors (Lipinski definition) is 1. The van der Waals surface area contributed by atoms with Crippen LogP contribution in [0.25, 0.3) is 0 Å². The third-order valence-corrected chi connectivity index (χ3v) is 3.83. The number of aromatic amines is 1. The monoisotopic (exact) mass is 313 g/mol. The second-order valence-electron chi connectivity index (χ2n) is 5.85. The predicted octanol–water partition coefficient (Wildman–Crippen LogP) is 6.18. The quantitative estimate of drug-likeness (QED) is 0.263. The maximum atomic E-state index is 10.6. The molecule has 0 aliphatic carbocycles. The van der Waals surface area contributed by atoms with Crippen LogP contribution in [0.2, 0.25) is 0 Å². The number of allylic oxidation sites excluding steroid dienone is 6. The van der Waals surface area contributed by atoms with Gasteiger partial charge in [0.05, 0.1) is 5.69 Å². The molecule has 0 bridgehead atoms. The third-order valence-electron chi connectivity index (χ3n) is 3.83. The summed E-state index contributed by atoms with van der Waals surface area (Å²) in [5.41, 5.74) is 1.86. The smallest absolute Gasteiger partial charge is 0.166 e. The van der Waals surface area contributed by atoms with E-state index in [2.05, 4.69) is 48.4 Å². The topological polar surface area (TPSA) is 32.9 Å². The van der Waals surface area contributed by atoms with Gasteiger partial charge in [0.15, 0.2) is 6.29 Å². The first-order chi connectivity index (χ1) is 11.4. The number of unbranched alkanes of at least 4 members (excludes halogenated alkanes) is 5. The van der Waals surface area contributed by atoms with Crippen molar-refractivity contribution in [2.24, 2.45) is 0 Å². The van der Waals surface area contributed by atoms with Crippen molar-refractivity contribution in [2.75, 3.05) is 0 Å². The van der Waals surface area contributed by atoms with Gasteiger partial charge in [-0.15, -0.1) is 0 Å². The van der Waals surface area contributed by atoms with Crippen molar-refractivity contribution in [3.05, 3.63) is 60.0 Å². The van der Waals surface area contributed by atoms with E-state index in [9.17, 15) is 4.79 Å². The highest BCUT2D eigenvalue weighted by Gasteiger charge is 1.97. The number of aryl methyl sites for hydroxylation is 1. The molecule has 0 atom stereocenters. The number of H-pyrrole nitrogens is 1. The van der Waals surface area contributed by atoms with Gasteiger partial charge in [0, 0.05) is 5.69 Å². The summed E-state index contributed by atoms with van der Waals surface area (Å²) in [4.78, 5) is 13.7. The first kappa shape index (κ1) is 19.2. The van der Waals surface area contributed by atoms with E-state index >= 15 is 0 Å². The van der Waals surface area contributed by atoms with Crippen LogP contribution < -0.4 is 0 Å². The third kappa shape index (κ3) is 10.5. The van der Waals surface area contributed by atoms with E-state index in [4.69, 9.17) is 0 Å². The molecule has 2 nitrogen and oxygen atoms in total. The highest BCUT2D eigenvalue weighted by atomic mass is 16.1. The van der Waals surface area contributed by atoms with E-state index in [1.54, 1.807) is 0 Å². The van der Waals surface area contributed by atoms with Crippen molar-refractivity contribution in [3.63, 3.8) is 0 Å². The van der Waals surface area contributed by atoms with Crippen LogP contribution in [0.1, 0.15) is 74.5 Å². The lowest BCUT2D eigenvalue weighted by atomic mass is 10.1. The fourth-order valence-electron chi connectivity index (χ4n) is 2.48. The Morgan fingerprint density at radius 3 is 2.30 bits per heavy atom. The molecule has 2 heteroatoms. The highest BCUT2D eigenvalue weighted by Crippen LogP contribution is 2.10. The number of aromatic nitrogens is 1. The van der Waals surface area contributed by atoms with Gasteiger partial charge in [0.25, 0.3) is 0 Å². The maximum Gasteiger partial charge on any atom is 0.166 e. The molecule has 0 radical (unpaired) electrons. The average Bonchev–Trinajstić information content (AvgIpc) is 3.03. The summed E-state index contributed by atoms with van der Waals surface area (Å²) in [5.74, 6) is 0. The second-order valence-corrected chi connectivity index (χ2v) is 5.85. The molecule has 0 saturated heterocycles. The summed E-state index contributed by atoms with van der Waals surface area (Å²) in [5, 5.41) is 0. The van der Waals surface area contributed by atoms with Gasteiger partial charge in [-0.3, -0.25) is 4.79 Å². The van der Waals surface area contributed by atoms with Crippen LogP contribution in [-0.2, 0) is 6.42 Å². The van der Waals surface area contributed by atoms with Crippen molar-refractivity contribution in [1.82, 2.24) is 4.98 Å². The molecule has 0 fully saturated rings. The van der Waals surface area contributed by atoms with Gasteiger partial charge in [-0.1, -0.05) is 55.7 Å². The minimum absolute atomic E-state index is 0.684. The van der Waals surface area contributed by atoms with Crippen molar-refractivity contribution in [1.29, 1.82) is 0 Å². The summed E-state index contributed by atoms with van der Waals surface area (Å²) < 4.78 is 0. The molecule has 1 heterocycles. The van der Waals surface area contributed by atoms with Gasteiger partial charge in [0.1, 0.15) is 0 Å². The number of carbonyl (C=O) groups excluding carboxylic acids is 1. The summed E-state index contributed by atoms with van der Waals surface area (Å²) in [7, 11) is 0. The Bertz CT molecular complexity index is 494. The molecule has 0 spiro atoms. The zero-order chi connectivity index (χ0) is 16.6. The number of hydrogen-bond acceptors (Lipinski definition) is 1. The van der Waals surface area contributed by atoms with Crippen LogP contribution in [0, 0.1) is 0 Å². The molecule has 0 aliphatic rings. The zero-order valence-corrected chi connectivity index (χ0v) is 14.5. The summed E-state index contributed by atoms with van der Waals surface area (Å²) in [6, 6.07) is 3.87. The van der Waals surface area contributed by atoms with E-state index in [0.29, 0.717) is 5.69 Å². The Morgan fingerprint density at radius 2 is 1.57 bits per heavy atom. The van der Waals surface area contributed by atoms with Crippen LogP contribution >= 0.6 is 0 Å². The molecule has 23 heavy (non-hydrogen) atoms. The fraction of sp³-hybridized carbons (Fsp3) is 0.476. The maximum absolute atomic E-state index is 10.6. The van der Waals surface area contributed by atoms with E-state index < -0.39 is 0 Å². The molecule has 1 N–H and O–H groups in total. The van der Waals surface area contributed by atoms with Crippen molar-refractivity contribution in [2.45, 2.75) is 64.7 Å². The Hall–Kier alpha value is -1.83. The van der Waals surface area contributed by atoms with Gasteiger partial charge in [-0.05, 0) is 57.6 Å². The molecular formula is C21H31NO. The SMILES string of the molecule is CC=CCC=CCC=CCCCCCCCc1ccc(C=O)[nH]1. The predicted molar refractivity (Wildman–Crippen MR) is 99.9 cm³/mol. The molecule has 0 unspecified atom stereocenters. The Kier molecular flexibility index (Phi) is 11.5. The van der Waals surface area contributed by atoms with Gasteiger partial charge in [-0.25, -0.2) is 0 Å². The standard InChI is InChI=1S/C21H31NO/c1-2-3-4-5-6-7-8-9-10-11-12-13-14-15-16-20-17-18-21(19-23)22-20/h2-3,5-6,8-9,17-19,22H,4,7,10-16H2,1H3. The Balaban J connectivity index is 1.89. The van der Waals surface area contributed by atoms with E-state index in [1.807, 2.05) is 12.1 Å². The molecule has 1 aromatic rings. The lowest BCUT2D eigenvalue weighted by Gasteiger charge is -2.00. The molecule has 126 valence electrons. The molecule has 0 amide bonds. The number of nitrogens with one attached hydrogen (secondary N) is 1. The fourth-order valence-corrected chi connectivity index (χ4v) is 2.48. The summed E-state index contributed by atoms with van der Waals surface area (Å²) >= 11 is 0. The lowest BCUT2D eigenvalue weighted by Crippen LogP contribution is -1.87. The van der Waals surface area contributed by atoms with Crippen LogP contribution in [0.4, 0.5) is 0 Å². The molecule has 1 aromatic heterocycles. The minimum Gasteiger partial charge on any atom is -0.356 e. The lowest BCUT2D eigenvalue weighted by molar-refractivity contribution is 0.111. The van der Waals surface area contributed by atoms with E-state index in [1.165, 1.54) is 44.2 Å². The first-order valence-electron chi connectivity index (χ1n) is 8.91. The number of aldehydes is 1. The molecule has 0 aromatic carbocycles. The van der Waals surface area contributed by atoms with Gasteiger partial charge in [-0.2, -0.15) is 0 Å². The average molecular weight is 313 g/mol. The number of rotatable bonds is 13. The van der Waals surface area contributed by atoms with Crippen LogP contribution in [-0.4, -0.2) is 11.3 Å². The van der Waals surface area contributed by atoms with E-state index in [0.717, 1.165) is 25.5 Å². The van der Waals surface area contributed by atoms with Crippen molar-refractivity contribution >= 4 is 6.29 Å². The number of carbonyl (C=O) groups is 1. The molecule has 1 rings (SSSR count). The normalized spacial score (nSPS) is 12.0. The first-order valence-corrected chi connectivity index (χ1v) is 8.91. The van der Waals surface area contributed by atoms with E-state index in [-0.39, 0.29) is 0 Å². The van der Waals surface area contributed by atoms with Gasteiger partial charge in [0.2, 0.25) is 0 Å². The van der Waals surface area contributed by atoms with Crippen LogP contribution in [0.5, 0.6) is 0 Å². The second kappa shape index (κ2) is 13.8. The van der Waals surface area contributed by atoms with Gasteiger partial charge < -0.3 is 4.98 Å². The summed E-state index contributed by atoms with van der Waals surface area (Å²) in [6.45, 7) is 2.05. The Morgan fingerprint density at radius 1 is 0.870 bits per heavy atom. The van der Waals surface area contributed by atoms with Crippen molar-refractivity contribution in [3.8, 4) is 0 Å². The zero-order valence-electron chi connectivity index (χ0n) is 14.5. The molecular weight excluding hydrogens is 282 g/mol. The Labute approximate surface area is 141 Å². The molecule has 0 aliphatic heterocycles.